The van der Waals surface area contributed by atoms with Gasteiger partial charge in [-0.15, -0.1) is 5.10 Å². The number of benzene rings is 2. The molecule has 5 nitrogen and oxygen atoms in total. The third-order valence-corrected chi connectivity index (χ3v) is 3.74. The lowest BCUT2D eigenvalue weighted by atomic mass is 10.2. The summed E-state index contributed by atoms with van der Waals surface area (Å²) in [6, 6.07) is 17.7. The number of para-hydroxylation sites is 1. The topological polar surface area (TPSA) is 52.2 Å². The van der Waals surface area contributed by atoms with Gasteiger partial charge in [-0.05, 0) is 24.6 Å². The van der Waals surface area contributed by atoms with Crippen molar-refractivity contribution in [2.24, 2.45) is 0 Å². The first-order valence-corrected chi connectivity index (χ1v) is 7.13. The average molecular weight is 290 g/mol. The lowest BCUT2D eigenvalue weighted by molar-refractivity contribution is 0.712. The molecule has 2 aromatic carbocycles. The zero-order chi connectivity index (χ0) is 15.1. The second kappa shape index (κ2) is 4.80. The van der Waals surface area contributed by atoms with E-state index in [2.05, 4.69) is 10.1 Å². The summed E-state index contributed by atoms with van der Waals surface area (Å²) in [6.07, 6.45) is 0. The summed E-state index contributed by atoms with van der Waals surface area (Å²) in [6.45, 7) is 2.30. The van der Waals surface area contributed by atoms with Gasteiger partial charge in [-0.3, -0.25) is 4.57 Å². The van der Waals surface area contributed by atoms with Crippen molar-refractivity contribution in [2.75, 3.05) is 0 Å². The molecule has 0 N–H and O–H groups in total. The predicted octanol–water partition coefficient (Wildman–Crippen LogP) is 2.40. The minimum Gasteiger partial charge on any atom is -0.287 e. The maximum atomic E-state index is 12.8. The highest BCUT2D eigenvalue weighted by Gasteiger charge is 2.13. The molecule has 4 rings (SSSR count). The number of aromatic nitrogens is 4. The van der Waals surface area contributed by atoms with Gasteiger partial charge in [0, 0.05) is 5.39 Å². The standard InChI is InChI=1S/C17H14N4O/c1-12-18-16-14-9-5-6-10-15(14)20(17(22)21(16)19-12)11-13-7-3-2-4-8-13/h2-10H,11H2,1H3. The van der Waals surface area contributed by atoms with Crippen LogP contribution in [0.5, 0.6) is 0 Å². The zero-order valence-corrected chi connectivity index (χ0v) is 12.1. The molecule has 0 aliphatic heterocycles. The smallest absolute Gasteiger partial charge is 0.287 e. The van der Waals surface area contributed by atoms with E-state index in [1.165, 1.54) is 4.52 Å². The highest BCUT2D eigenvalue weighted by molar-refractivity contribution is 5.91. The molecule has 4 aromatic rings. The van der Waals surface area contributed by atoms with Gasteiger partial charge >= 0.3 is 5.69 Å². The van der Waals surface area contributed by atoms with E-state index in [1.807, 2.05) is 54.6 Å². The summed E-state index contributed by atoms with van der Waals surface area (Å²) in [7, 11) is 0. The van der Waals surface area contributed by atoms with Crippen LogP contribution < -0.4 is 5.69 Å². The van der Waals surface area contributed by atoms with Crippen molar-refractivity contribution in [1.29, 1.82) is 0 Å². The number of hydrogen-bond acceptors (Lipinski definition) is 3. The molecular weight excluding hydrogens is 276 g/mol. The minimum absolute atomic E-state index is 0.168. The Balaban J connectivity index is 2.07. The van der Waals surface area contributed by atoms with Crippen LogP contribution in [0, 0.1) is 6.92 Å². The summed E-state index contributed by atoms with van der Waals surface area (Å²) in [5.74, 6) is 0.597. The summed E-state index contributed by atoms with van der Waals surface area (Å²) in [5.41, 5.74) is 2.39. The second-order valence-corrected chi connectivity index (χ2v) is 5.27. The van der Waals surface area contributed by atoms with Crippen molar-refractivity contribution >= 4 is 16.6 Å². The van der Waals surface area contributed by atoms with E-state index in [0.29, 0.717) is 18.0 Å². The molecular formula is C17H14N4O. The molecule has 0 fully saturated rings. The third kappa shape index (κ3) is 1.90. The van der Waals surface area contributed by atoms with Gasteiger partial charge in [0.15, 0.2) is 5.65 Å². The van der Waals surface area contributed by atoms with Gasteiger partial charge in [-0.25, -0.2) is 9.78 Å². The fourth-order valence-electron chi connectivity index (χ4n) is 2.76. The van der Waals surface area contributed by atoms with E-state index < -0.39 is 0 Å². The highest BCUT2D eigenvalue weighted by atomic mass is 16.2. The van der Waals surface area contributed by atoms with E-state index in [0.717, 1.165) is 16.5 Å². The molecule has 0 radical (unpaired) electrons. The number of hydrogen-bond donors (Lipinski definition) is 0. The van der Waals surface area contributed by atoms with Gasteiger partial charge in [-0.2, -0.15) is 4.52 Å². The molecule has 0 spiro atoms. The molecule has 0 unspecified atom stereocenters. The SMILES string of the molecule is Cc1nc2c3ccccc3n(Cc3ccccc3)c(=O)n2n1. The van der Waals surface area contributed by atoms with Crippen LogP contribution in [0.25, 0.3) is 16.6 Å². The van der Waals surface area contributed by atoms with Crippen molar-refractivity contribution < 1.29 is 0 Å². The van der Waals surface area contributed by atoms with E-state index in [-0.39, 0.29) is 5.69 Å². The lowest BCUT2D eigenvalue weighted by Gasteiger charge is -2.11. The molecule has 22 heavy (non-hydrogen) atoms. The van der Waals surface area contributed by atoms with Crippen LogP contribution >= 0.6 is 0 Å². The normalized spacial score (nSPS) is 11.3. The van der Waals surface area contributed by atoms with E-state index in [9.17, 15) is 4.79 Å². The molecule has 108 valence electrons. The Kier molecular flexibility index (Phi) is 2.79. The average Bonchev–Trinajstić information content (AvgIpc) is 2.95. The van der Waals surface area contributed by atoms with Crippen LogP contribution in [0.1, 0.15) is 11.4 Å². The van der Waals surface area contributed by atoms with Gasteiger partial charge in [0.25, 0.3) is 0 Å². The Bertz CT molecular complexity index is 1030. The molecule has 0 saturated carbocycles. The van der Waals surface area contributed by atoms with Crippen LogP contribution in [0.15, 0.2) is 59.4 Å². The first-order chi connectivity index (χ1) is 10.7. The first kappa shape index (κ1) is 12.8. The predicted molar refractivity (Wildman–Crippen MR) is 85.0 cm³/mol. The van der Waals surface area contributed by atoms with Crippen molar-refractivity contribution in [3.63, 3.8) is 0 Å². The molecule has 2 heterocycles. The summed E-state index contributed by atoms with van der Waals surface area (Å²) in [5, 5.41) is 5.17. The fourth-order valence-corrected chi connectivity index (χ4v) is 2.76. The van der Waals surface area contributed by atoms with E-state index in [1.54, 1.807) is 11.5 Å². The van der Waals surface area contributed by atoms with Gasteiger partial charge in [0.05, 0.1) is 12.1 Å². The lowest BCUT2D eigenvalue weighted by Crippen LogP contribution is -2.28. The van der Waals surface area contributed by atoms with Crippen molar-refractivity contribution in [3.05, 3.63) is 76.5 Å². The Hall–Kier alpha value is -2.95. The van der Waals surface area contributed by atoms with Gasteiger partial charge in [0.1, 0.15) is 5.82 Å². The van der Waals surface area contributed by atoms with Crippen LogP contribution in [0.2, 0.25) is 0 Å². The van der Waals surface area contributed by atoms with E-state index in [4.69, 9.17) is 0 Å². The highest BCUT2D eigenvalue weighted by Crippen LogP contribution is 2.17. The number of aryl methyl sites for hydroxylation is 1. The van der Waals surface area contributed by atoms with Gasteiger partial charge in [0.2, 0.25) is 0 Å². The number of nitrogens with zero attached hydrogens (tertiary/aromatic N) is 4. The Labute approximate surface area is 126 Å². The van der Waals surface area contributed by atoms with Crippen molar-refractivity contribution in [1.82, 2.24) is 19.2 Å². The monoisotopic (exact) mass is 290 g/mol. The van der Waals surface area contributed by atoms with E-state index >= 15 is 0 Å². The second-order valence-electron chi connectivity index (χ2n) is 5.27. The Morgan fingerprint density at radius 3 is 2.55 bits per heavy atom. The largest absolute Gasteiger partial charge is 0.351 e. The van der Waals surface area contributed by atoms with Gasteiger partial charge < -0.3 is 0 Å². The molecule has 2 aromatic heterocycles. The number of rotatable bonds is 2. The van der Waals surface area contributed by atoms with Crippen molar-refractivity contribution in [3.8, 4) is 0 Å². The van der Waals surface area contributed by atoms with Crippen LogP contribution in [-0.4, -0.2) is 19.2 Å². The summed E-state index contributed by atoms with van der Waals surface area (Å²) in [4.78, 5) is 17.2. The number of fused-ring (bicyclic) bond motifs is 3. The van der Waals surface area contributed by atoms with Crippen LogP contribution in [0.3, 0.4) is 0 Å². The third-order valence-electron chi connectivity index (χ3n) is 3.74. The van der Waals surface area contributed by atoms with Crippen LogP contribution in [0.4, 0.5) is 0 Å². The molecule has 0 bridgehead atoms. The Morgan fingerprint density at radius 2 is 1.73 bits per heavy atom. The summed E-state index contributed by atoms with van der Waals surface area (Å²) < 4.78 is 3.13. The van der Waals surface area contributed by atoms with Crippen LogP contribution in [-0.2, 0) is 6.54 Å². The minimum atomic E-state index is -0.168. The molecule has 0 atom stereocenters. The molecule has 0 aliphatic rings. The molecule has 0 aliphatic carbocycles. The molecule has 0 saturated heterocycles. The quantitative estimate of drug-likeness (QED) is 0.569. The maximum absolute atomic E-state index is 12.8. The van der Waals surface area contributed by atoms with Crippen molar-refractivity contribution in [2.45, 2.75) is 13.5 Å². The van der Waals surface area contributed by atoms with Gasteiger partial charge in [-0.1, -0.05) is 42.5 Å². The Morgan fingerprint density at radius 1 is 1.00 bits per heavy atom. The molecule has 0 amide bonds. The first-order valence-electron chi connectivity index (χ1n) is 7.13. The summed E-state index contributed by atoms with van der Waals surface area (Å²) >= 11 is 0. The maximum Gasteiger partial charge on any atom is 0.351 e. The fraction of sp³-hybridized carbons (Fsp3) is 0.118. The zero-order valence-electron chi connectivity index (χ0n) is 12.1. The molecule has 5 heteroatoms.